The van der Waals surface area contributed by atoms with Gasteiger partial charge in [-0.2, -0.15) is 4.31 Å². The molecule has 4 N–H and O–H groups in total. The Balaban J connectivity index is 2.06. The van der Waals surface area contributed by atoms with Crippen molar-refractivity contribution in [3.05, 3.63) is 48.2 Å². The molecular weight excluding hydrogens is 376 g/mol. The number of anilines is 1. The number of primary sulfonamides is 1. The molecule has 0 unspecified atom stereocenters. The molecule has 8 nitrogen and oxygen atoms in total. The molecule has 1 heterocycles. The van der Waals surface area contributed by atoms with Crippen LogP contribution in [0.1, 0.15) is 19.4 Å². The fourth-order valence-corrected chi connectivity index (χ4v) is 4.33. The molecule has 2 aromatic rings. The molecule has 1 aromatic carbocycles. The quantitative estimate of drug-likeness (QED) is 0.679. The molecule has 2 rings (SSSR count). The third-order valence-corrected chi connectivity index (χ3v) is 6.84. The van der Waals surface area contributed by atoms with Crippen LogP contribution in [0.25, 0.3) is 0 Å². The van der Waals surface area contributed by atoms with Crippen molar-refractivity contribution in [2.45, 2.75) is 30.2 Å². The van der Waals surface area contributed by atoms with Crippen molar-refractivity contribution in [2.75, 3.05) is 18.4 Å². The molecule has 0 saturated carbocycles. The molecule has 0 bridgehead atoms. The Hall–Kier alpha value is -2.01. The number of aromatic nitrogens is 1. The second-order valence-electron chi connectivity index (χ2n) is 5.57. The standard InChI is InChI=1S/C16H22N4O4S2/c1-3-20(4-2)26(23,24)14-7-5-13(6-8-14)11-18-16-10-9-15(12-19-16)25(17,21)22/h5-10,12H,3-4,11H2,1-2H3,(H,18,19)(H2,17,21,22)/p+1. The lowest BCUT2D eigenvalue weighted by atomic mass is 10.2. The molecule has 0 spiro atoms. The first-order valence-corrected chi connectivity index (χ1v) is 11.0. The van der Waals surface area contributed by atoms with E-state index in [-0.39, 0.29) is 9.79 Å². The van der Waals surface area contributed by atoms with Crippen molar-refractivity contribution in [3.63, 3.8) is 0 Å². The van der Waals surface area contributed by atoms with Gasteiger partial charge in [-0.05, 0) is 23.8 Å². The van der Waals surface area contributed by atoms with E-state index < -0.39 is 20.0 Å². The molecule has 0 aliphatic rings. The van der Waals surface area contributed by atoms with Crippen LogP contribution < -0.4 is 15.4 Å². The molecule has 142 valence electrons. The molecular formula is C16H23N4O4S2+. The lowest BCUT2D eigenvalue weighted by molar-refractivity contribution is -0.364. The predicted molar refractivity (Wildman–Crippen MR) is 98.2 cm³/mol. The van der Waals surface area contributed by atoms with Crippen LogP contribution in [0, 0.1) is 0 Å². The summed E-state index contributed by atoms with van der Waals surface area (Å²) >= 11 is 0. The molecule has 10 heteroatoms. The normalized spacial score (nSPS) is 12.3. The van der Waals surface area contributed by atoms with Crippen LogP contribution >= 0.6 is 0 Å². The molecule has 26 heavy (non-hydrogen) atoms. The average molecular weight is 400 g/mol. The Kier molecular flexibility index (Phi) is 6.34. The summed E-state index contributed by atoms with van der Waals surface area (Å²) < 4.78 is 48.7. The maximum atomic E-state index is 12.4. The number of nitrogens with one attached hydrogen (secondary N) is 2. The van der Waals surface area contributed by atoms with Crippen LogP contribution in [0.15, 0.2) is 52.4 Å². The van der Waals surface area contributed by atoms with Crippen molar-refractivity contribution in [2.24, 2.45) is 5.14 Å². The fourth-order valence-electron chi connectivity index (χ4n) is 2.39. The summed E-state index contributed by atoms with van der Waals surface area (Å²) in [5, 5.41) is 8.13. The van der Waals surface area contributed by atoms with Crippen molar-refractivity contribution in [3.8, 4) is 0 Å². The van der Waals surface area contributed by atoms with E-state index >= 15 is 0 Å². The fraction of sp³-hybridized carbons (Fsp3) is 0.312. The van der Waals surface area contributed by atoms with E-state index in [1.54, 1.807) is 44.2 Å². The second kappa shape index (κ2) is 8.12. The van der Waals surface area contributed by atoms with Gasteiger partial charge in [0.2, 0.25) is 20.0 Å². The van der Waals surface area contributed by atoms with Crippen molar-refractivity contribution < 1.29 is 21.8 Å². The minimum atomic E-state index is -3.74. The molecule has 1 aromatic heterocycles. The van der Waals surface area contributed by atoms with Crippen LogP contribution in [0.2, 0.25) is 0 Å². The number of hydrogen-bond acceptors (Lipinski definition) is 5. The highest BCUT2D eigenvalue weighted by Gasteiger charge is 2.21. The number of sulfonamides is 2. The minimum Gasteiger partial charge on any atom is -0.270 e. The Morgan fingerprint density at radius 2 is 1.54 bits per heavy atom. The zero-order chi connectivity index (χ0) is 19.4. The van der Waals surface area contributed by atoms with Gasteiger partial charge in [-0.3, -0.25) is 5.32 Å². The van der Waals surface area contributed by atoms with E-state index in [1.165, 1.54) is 16.6 Å². The highest BCUT2D eigenvalue weighted by Crippen LogP contribution is 2.16. The Labute approximate surface area is 154 Å². The lowest BCUT2D eigenvalue weighted by Crippen LogP contribution is -2.30. The highest BCUT2D eigenvalue weighted by atomic mass is 32.2. The largest absolute Gasteiger partial charge is 0.272 e. The van der Waals surface area contributed by atoms with Gasteiger partial charge in [-0.1, -0.05) is 26.0 Å². The number of hydrogen-bond donors (Lipinski definition) is 2. The monoisotopic (exact) mass is 399 g/mol. The van der Waals surface area contributed by atoms with Crippen molar-refractivity contribution >= 4 is 25.9 Å². The number of nitrogens with two attached hydrogens (primary N) is 1. The van der Waals surface area contributed by atoms with E-state index in [0.717, 1.165) is 5.56 Å². The Bertz CT molecular complexity index is 937. The van der Waals surface area contributed by atoms with Crippen LogP contribution in [0.4, 0.5) is 5.82 Å². The smallest absolute Gasteiger partial charge is 0.270 e. The minimum absolute atomic E-state index is 0.00554. The Morgan fingerprint density at radius 1 is 0.962 bits per heavy atom. The number of nitrogens with zero attached hydrogens (tertiary/aromatic N) is 1. The van der Waals surface area contributed by atoms with Gasteiger partial charge < -0.3 is 0 Å². The summed E-state index contributed by atoms with van der Waals surface area (Å²) in [5.41, 5.74) is 0.882. The number of benzene rings is 1. The summed E-state index contributed by atoms with van der Waals surface area (Å²) in [7, 11) is -7.20. The lowest BCUT2D eigenvalue weighted by Gasteiger charge is -2.18. The van der Waals surface area contributed by atoms with Gasteiger partial charge in [0.05, 0.1) is 4.90 Å². The predicted octanol–water partition coefficient (Wildman–Crippen LogP) is 0.791. The first-order chi connectivity index (χ1) is 12.2. The van der Waals surface area contributed by atoms with Gasteiger partial charge in [0.25, 0.3) is 5.82 Å². The molecule has 0 amide bonds. The van der Waals surface area contributed by atoms with Gasteiger partial charge >= 0.3 is 0 Å². The van der Waals surface area contributed by atoms with Gasteiger partial charge in [0.15, 0.2) is 0 Å². The van der Waals surface area contributed by atoms with Crippen LogP contribution in [0.5, 0.6) is 0 Å². The van der Waals surface area contributed by atoms with Gasteiger partial charge in [-0.25, -0.2) is 27.0 Å². The van der Waals surface area contributed by atoms with E-state index in [0.29, 0.717) is 25.5 Å². The average Bonchev–Trinajstić information content (AvgIpc) is 2.61. The molecule has 0 aliphatic heterocycles. The molecule has 0 fully saturated rings. The summed E-state index contributed by atoms with van der Waals surface area (Å²) in [5.74, 6) is 0.609. The first-order valence-electron chi connectivity index (χ1n) is 8.06. The van der Waals surface area contributed by atoms with Crippen LogP contribution in [-0.4, -0.2) is 34.2 Å². The topological polar surface area (TPSA) is 124 Å². The number of pyridine rings is 1. The maximum absolute atomic E-state index is 12.4. The van der Waals surface area contributed by atoms with E-state index in [9.17, 15) is 16.8 Å². The van der Waals surface area contributed by atoms with Crippen LogP contribution in [-0.2, 0) is 26.6 Å². The van der Waals surface area contributed by atoms with Gasteiger partial charge in [-0.15, -0.1) is 0 Å². The maximum Gasteiger partial charge on any atom is 0.272 e. The summed E-state index contributed by atoms with van der Waals surface area (Å²) in [6, 6.07) is 9.61. The third-order valence-electron chi connectivity index (χ3n) is 3.86. The first kappa shape index (κ1) is 20.3. The van der Waals surface area contributed by atoms with Crippen LogP contribution in [0.3, 0.4) is 0 Å². The molecule has 0 aliphatic carbocycles. The number of aromatic amines is 1. The molecule has 0 saturated heterocycles. The Morgan fingerprint density at radius 3 is 2.00 bits per heavy atom. The number of rotatable bonds is 8. The van der Waals surface area contributed by atoms with E-state index in [4.69, 9.17) is 5.14 Å². The summed E-state index contributed by atoms with van der Waals surface area (Å²) in [4.78, 5) is 3.06. The highest BCUT2D eigenvalue weighted by molar-refractivity contribution is 7.89. The van der Waals surface area contributed by atoms with Crippen molar-refractivity contribution in [1.29, 1.82) is 0 Å². The third kappa shape index (κ3) is 4.79. The summed E-state index contributed by atoms with van der Waals surface area (Å²) in [6.07, 6.45) is 1.30. The number of H-pyrrole nitrogens is 1. The van der Waals surface area contributed by atoms with Crippen molar-refractivity contribution in [1.82, 2.24) is 4.31 Å². The summed E-state index contributed by atoms with van der Waals surface area (Å²) in [6.45, 7) is 4.89. The zero-order valence-electron chi connectivity index (χ0n) is 14.6. The van der Waals surface area contributed by atoms with E-state index in [2.05, 4.69) is 10.3 Å². The van der Waals surface area contributed by atoms with Gasteiger partial charge in [0.1, 0.15) is 17.6 Å². The molecule has 0 atom stereocenters. The SMILES string of the molecule is CCN(CC)S(=O)(=O)c1ccc(CNc2ccc(S(N)(=O)=O)c[nH+]2)cc1. The zero-order valence-corrected chi connectivity index (χ0v) is 16.3. The molecule has 0 radical (unpaired) electrons. The second-order valence-corrected chi connectivity index (χ2v) is 9.07. The van der Waals surface area contributed by atoms with Gasteiger partial charge in [0, 0.05) is 19.2 Å². The van der Waals surface area contributed by atoms with E-state index in [1.807, 2.05) is 0 Å².